The molecule has 1 atom stereocenters. The third kappa shape index (κ3) is 4.87. The van der Waals surface area contributed by atoms with Crippen molar-refractivity contribution in [3.63, 3.8) is 0 Å². The highest BCUT2D eigenvalue weighted by Gasteiger charge is 2.24. The number of rotatable bonds is 6. The Labute approximate surface area is 99.0 Å². The first-order valence-corrected chi connectivity index (χ1v) is 6.32. The summed E-state index contributed by atoms with van der Waals surface area (Å²) in [6, 6.07) is 0.334. The summed E-state index contributed by atoms with van der Waals surface area (Å²) in [4.78, 5) is 13.9. The second-order valence-corrected chi connectivity index (χ2v) is 5.13. The fourth-order valence-corrected chi connectivity index (χ4v) is 1.90. The van der Waals surface area contributed by atoms with Crippen LogP contribution in [-0.2, 0) is 4.79 Å². The van der Waals surface area contributed by atoms with Crippen LogP contribution >= 0.6 is 11.6 Å². The molecule has 3 heteroatoms. The fraction of sp³-hybridized carbons (Fsp3) is 0.917. The van der Waals surface area contributed by atoms with E-state index >= 15 is 0 Å². The Morgan fingerprint density at radius 1 is 1.20 bits per heavy atom. The molecular formula is C12H24ClNO. The average Bonchev–Trinajstić information content (AvgIpc) is 2.16. The molecule has 15 heavy (non-hydrogen) atoms. The molecule has 0 aromatic rings. The molecule has 0 radical (unpaired) electrons. The second-order valence-electron chi connectivity index (χ2n) is 4.47. The lowest BCUT2D eigenvalue weighted by molar-refractivity contribution is -0.133. The molecule has 0 bridgehead atoms. The normalized spacial score (nSPS) is 13.3. The molecule has 0 rings (SSSR count). The zero-order valence-electron chi connectivity index (χ0n) is 10.6. The van der Waals surface area contributed by atoms with Crippen LogP contribution < -0.4 is 0 Å². The number of halogens is 1. The van der Waals surface area contributed by atoms with Crippen molar-refractivity contribution in [1.29, 1.82) is 0 Å². The molecule has 90 valence electrons. The zero-order valence-corrected chi connectivity index (χ0v) is 11.3. The van der Waals surface area contributed by atoms with Gasteiger partial charge in [-0.05, 0) is 25.7 Å². The van der Waals surface area contributed by atoms with Gasteiger partial charge in [0.2, 0.25) is 5.91 Å². The van der Waals surface area contributed by atoms with Crippen LogP contribution in [-0.4, -0.2) is 28.8 Å². The van der Waals surface area contributed by atoms with Crippen molar-refractivity contribution in [3.05, 3.63) is 0 Å². The first-order valence-electron chi connectivity index (χ1n) is 5.88. The van der Waals surface area contributed by atoms with Gasteiger partial charge in [0.25, 0.3) is 0 Å². The van der Waals surface area contributed by atoms with Crippen molar-refractivity contribution < 1.29 is 4.79 Å². The summed E-state index contributed by atoms with van der Waals surface area (Å²) in [5.74, 6) is 0.559. The van der Waals surface area contributed by atoms with Gasteiger partial charge in [0.15, 0.2) is 0 Å². The Kier molecular flexibility index (Phi) is 6.99. The van der Waals surface area contributed by atoms with E-state index in [0.29, 0.717) is 12.0 Å². The molecule has 0 spiro atoms. The highest BCUT2D eigenvalue weighted by atomic mass is 35.5. The molecule has 0 N–H and O–H groups in total. The van der Waals surface area contributed by atoms with Crippen LogP contribution in [0.2, 0.25) is 0 Å². The van der Waals surface area contributed by atoms with Gasteiger partial charge >= 0.3 is 0 Å². The summed E-state index contributed by atoms with van der Waals surface area (Å²) in [7, 11) is 0. The predicted molar refractivity (Wildman–Crippen MR) is 66.2 cm³/mol. The van der Waals surface area contributed by atoms with E-state index in [-0.39, 0.29) is 5.91 Å². The molecule has 0 aromatic heterocycles. The molecule has 0 aliphatic heterocycles. The minimum absolute atomic E-state index is 0.0686. The van der Waals surface area contributed by atoms with Gasteiger partial charge in [0, 0.05) is 12.6 Å². The van der Waals surface area contributed by atoms with E-state index in [1.165, 1.54) is 0 Å². The Morgan fingerprint density at radius 3 is 1.93 bits per heavy atom. The molecule has 0 fully saturated rings. The minimum Gasteiger partial charge on any atom is -0.338 e. The van der Waals surface area contributed by atoms with Crippen LogP contribution in [0.25, 0.3) is 0 Å². The SMILES string of the molecule is CCC(CC)N(CC(C)C)C(=O)C(C)Cl. The standard InChI is InChI=1S/C12H24ClNO/c1-6-11(7-2)14(8-9(3)4)12(15)10(5)13/h9-11H,6-8H2,1-5H3. The number of alkyl halides is 1. The summed E-state index contributed by atoms with van der Waals surface area (Å²) in [6.07, 6.45) is 2.00. The lowest BCUT2D eigenvalue weighted by Gasteiger charge is -2.33. The molecule has 0 aliphatic carbocycles. The first-order chi connectivity index (χ1) is 6.93. The molecule has 1 unspecified atom stereocenters. The Balaban J connectivity index is 4.62. The van der Waals surface area contributed by atoms with Gasteiger partial charge in [-0.2, -0.15) is 0 Å². The molecule has 0 heterocycles. The fourth-order valence-electron chi connectivity index (χ4n) is 1.77. The van der Waals surface area contributed by atoms with Gasteiger partial charge in [0.05, 0.1) is 0 Å². The van der Waals surface area contributed by atoms with E-state index in [0.717, 1.165) is 19.4 Å². The number of hydrogen-bond donors (Lipinski definition) is 0. The van der Waals surface area contributed by atoms with Crippen LogP contribution in [0.5, 0.6) is 0 Å². The van der Waals surface area contributed by atoms with Crippen molar-refractivity contribution in [1.82, 2.24) is 4.90 Å². The quantitative estimate of drug-likeness (QED) is 0.645. The third-order valence-corrected chi connectivity index (χ3v) is 2.76. The minimum atomic E-state index is -0.413. The topological polar surface area (TPSA) is 20.3 Å². The molecule has 1 amide bonds. The maximum Gasteiger partial charge on any atom is 0.240 e. The van der Waals surface area contributed by atoms with Crippen molar-refractivity contribution in [3.8, 4) is 0 Å². The Morgan fingerprint density at radius 2 is 1.67 bits per heavy atom. The molecule has 0 aromatic carbocycles. The van der Waals surface area contributed by atoms with Crippen LogP contribution in [0, 0.1) is 5.92 Å². The van der Waals surface area contributed by atoms with Gasteiger partial charge in [0.1, 0.15) is 5.38 Å². The van der Waals surface area contributed by atoms with E-state index in [4.69, 9.17) is 11.6 Å². The molecule has 0 saturated heterocycles. The number of carbonyl (C=O) groups is 1. The maximum atomic E-state index is 11.9. The van der Waals surface area contributed by atoms with Crippen LogP contribution in [0.15, 0.2) is 0 Å². The summed E-state index contributed by atoms with van der Waals surface area (Å²) < 4.78 is 0. The van der Waals surface area contributed by atoms with E-state index < -0.39 is 5.38 Å². The van der Waals surface area contributed by atoms with Gasteiger partial charge in [-0.1, -0.05) is 27.7 Å². The van der Waals surface area contributed by atoms with Crippen molar-refractivity contribution >= 4 is 17.5 Å². The molecular weight excluding hydrogens is 210 g/mol. The summed E-state index contributed by atoms with van der Waals surface area (Å²) in [6.45, 7) is 11.0. The predicted octanol–water partition coefficient (Wildman–Crippen LogP) is 3.29. The molecule has 0 aliphatic rings. The van der Waals surface area contributed by atoms with E-state index in [2.05, 4.69) is 27.7 Å². The summed E-state index contributed by atoms with van der Waals surface area (Å²) >= 11 is 5.87. The van der Waals surface area contributed by atoms with Crippen LogP contribution in [0.4, 0.5) is 0 Å². The van der Waals surface area contributed by atoms with Crippen LogP contribution in [0.3, 0.4) is 0 Å². The number of amides is 1. The lowest BCUT2D eigenvalue weighted by atomic mass is 10.1. The Hall–Kier alpha value is -0.240. The molecule has 2 nitrogen and oxygen atoms in total. The molecule has 0 saturated carbocycles. The highest BCUT2D eigenvalue weighted by Crippen LogP contribution is 2.14. The number of carbonyl (C=O) groups excluding carboxylic acids is 1. The zero-order chi connectivity index (χ0) is 12.0. The lowest BCUT2D eigenvalue weighted by Crippen LogP contribution is -2.44. The number of nitrogens with zero attached hydrogens (tertiary/aromatic N) is 1. The van der Waals surface area contributed by atoms with Gasteiger partial charge in [-0.25, -0.2) is 0 Å². The highest BCUT2D eigenvalue weighted by molar-refractivity contribution is 6.30. The second kappa shape index (κ2) is 7.10. The van der Waals surface area contributed by atoms with Crippen molar-refractivity contribution in [2.75, 3.05) is 6.54 Å². The van der Waals surface area contributed by atoms with Crippen molar-refractivity contribution in [2.45, 2.75) is 58.9 Å². The monoisotopic (exact) mass is 233 g/mol. The van der Waals surface area contributed by atoms with Gasteiger partial charge < -0.3 is 4.90 Å². The largest absolute Gasteiger partial charge is 0.338 e. The summed E-state index contributed by atoms with van der Waals surface area (Å²) in [5.41, 5.74) is 0. The van der Waals surface area contributed by atoms with Gasteiger partial charge in [-0.3, -0.25) is 4.79 Å². The average molecular weight is 234 g/mol. The van der Waals surface area contributed by atoms with Crippen molar-refractivity contribution in [2.24, 2.45) is 5.92 Å². The number of hydrogen-bond acceptors (Lipinski definition) is 1. The van der Waals surface area contributed by atoms with Gasteiger partial charge in [-0.15, -0.1) is 11.6 Å². The smallest absolute Gasteiger partial charge is 0.240 e. The maximum absolute atomic E-state index is 11.9. The third-order valence-electron chi connectivity index (χ3n) is 2.57. The van der Waals surface area contributed by atoms with E-state index in [1.54, 1.807) is 6.92 Å². The van der Waals surface area contributed by atoms with E-state index in [1.807, 2.05) is 4.90 Å². The van der Waals surface area contributed by atoms with E-state index in [9.17, 15) is 4.79 Å². The first kappa shape index (κ1) is 14.8. The van der Waals surface area contributed by atoms with Crippen LogP contribution in [0.1, 0.15) is 47.5 Å². The Bertz CT molecular complexity index is 188. The summed E-state index contributed by atoms with van der Waals surface area (Å²) in [5, 5.41) is -0.413.